The van der Waals surface area contributed by atoms with E-state index in [4.69, 9.17) is 11.6 Å². The number of benzene rings is 1. The van der Waals surface area contributed by atoms with Crippen LogP contribution in [0.3, 0.4) is 0 Å². The molecule has 0 fully saturated rings. The van der Waals surface area contributed by atoms with Crippen molar-refractivity contribution in [3.8, 4) is 0 Å². The predicted octanol–water partition coefficient (Wildman–Crippen LogP) is 3.54. The molecule has 3 heteroatoms. The molecule has 0 bridgehead atoms. The van der Waals surface area contributed by atoms with Gasteiger partial charge in [0.25, 0.3) is 0 Å². The monoisotopic (exact) mass is 246 g/mol. The van der Waals surface area contributed by atoms with Crippen molar-refractivity contribution in [2.45, 2.75) is 25.1 Å². The maximum atomic E-state index is 5.73. The molecule has 17 heavy (non-hydrogen) atoms. The van der Waals surface area contributed by atoms with Crippen LogP contribution >= 0.6 is 11.6 Å². The molecule has 1 heterocycles. The van der Waals surface area contributed by atoms with Crippen LogP contribution in [0.15, 0.2) is 42.7 Å². The SMILES string of the molecule is CC(C)(c1ccccc1)c1ncc(CCl)cn1. The molecular weight excluding hydrogens is 232 g/mol. The number of nitrogens with zero attached hydrogens (tertiary/aromatic N) is 2. The molecule has 0 spiro atoms. The Hall–Kier alpha value is -1.41. The average Bonchev–Trinajstić information content (AvgIpc) is 2.40. The van der Waals surface area contributed by atoms with E-state index in [0.29, 0.717) is 5.88 Å². The van der Waals surface area contributed by atoms with E-state index < -0.39 is 0 Å². The Bertz CT molecular complexity index is 477. The minimum atomic E-state index is -0.188. The van der Waals surface area contributed by atoms with Gasteiger partial charge in [-0.25, -0.2) is 9.97 Å². The number of halogens is 1. The first kappa shape index (κ1) is 12.1. The summed E-state index contributed by atoms with van der Waals surface area (Å²) >= 11 is 5.73. The number of aromatic nitrogens is 2. The van der Waals surface area contributed by atoms with E-state index in [1.807, 2.05) is 18.2 Å². The highest BCUT2D eigenvalue weighted by Gasteiger charge is 2.25. The van der Waals surface area contributed by atoms with E-state index in [9.17, 15) is 0 Å². The van der Waals surface area contributed by atoms with Crippen molar-refractivity contribution < 1.29 is 0 Å². The first-order valence-corrected chi connectivity index (χ1v) is 6.11. The molecule has 0 amide bonds. The molecule has 0 aliphatic carbocycles. The highest BCUT2D eigenvalue weighted by molar-refractivity contribution is 6.17. The van der Waals surface area contributed by atoms with E-state index in [1.54, 1.807) is 12.4 Å². The fourth-order valence-corrected chi connectivity index (χ4v) is 1.87. The summed E-state index contributed by atoms with van der Waals surface area (Å²) in [5, 5.41) is 0. The quantitative estimate of drug-likeness (QED) is 0.775. The molecule has 2 rings (SSSR count). The van der Waals surface area contributed by atoms with Gasteiger partial charge in [0.2, 0.25) is 0 Å². The van der Waals surface area contributed by atoms with Gasteiger partial charge in [0.15, 0.2) is 0 Å². The second-order valence-electron chi connectivity index (χ2n) is 4.54. The van der Waals surface area contributed by atoms with Crippen LogP contribution in [0.5, 0.6) is 0 Å². The van der Waals surface area contributed by atoms with E-state index in [0.717, 1.165) is 11.4 Å². The molecular formula is C14H15ClN2. The fourth-order valence-electron chi connectivity index (χ4n) is 1.73. The van der Waals surface area contributed by atoms with Gasteiger partial charge < -0.3 is 0 Å². The van der Waals surface area contributed by atoms with Gasteiger partial charge in [0, 0.05) is 23.4 Å². The normalized spacial score (nSPS) is 11.5. The zero-order chi connectivity index (χ0) is 12.3. The standard InChI is InChI=1S/C14H15ClN2/c1-14(2,12-6-4-3-5-7-12)13-16-9-11(8-15)10-17-13/h3-7,9-10H,8H2,1-2H3. The number of hydrogen-bond acceptors (Lipinski definition) is 2. The van der Waals surface area contributed by atoms with Crippen molar-refractivity contribution in [2.75, 3.05) is 0 Å². The van der Waals surface area contributed by atoms with Crippen LogP contribution in [0.1, 0.15) is 30.8 Å². The van der Waals surface area contributed by atoms with Crippen LogP contribution in [0, 0.1) is 0 Å². The second-order valence-corrected chi connectivity index (χ2v) is 4.81. The zero-order valence-corrected chi connectivity index (χ0v) is 10.8. The summed E-state index contributed by atoms with van der Waals surface area (Å²) in [6, 6.07) is 10.3. The topological polar surface area (TPSA) is 25.8 Å². The molecule has 0 aliphatic heterocycles. The molecule has 0 aliphatic rings. The minimum Gasteiger partial charge on any atom is -0.240 e. The van der Waals surface area contributed by atoms with Crippen LogP contribution in [0.4, 0.5) is 0 Å². The molecule has 88 valence electrons. The van der Waals surface area contributed by atoms with Gasteiger partial charge in [-0.1, -0.05) is 30.3 Å². The molecule has 0 saturated heterocycles. The van der Waals surface area contributed by atoms with Gasteiger partial charge in [-0.2, -0.15) is 0 Å². The summed E-state index contributed by atoms with van der Waals surface area (Å²) in [7, 11) is 0. The van der Waals surface area contributed by atoms with Crippen molar-refractivity contribution in [3.63, 3.8) is 0 Å². The van der Waals surface area contributed by atoms with E-state index in [1.165, 1.54) is 5.56 Å². The lowest BCUT2D eigenvalue weighted by Crippen LogP contribution is -2.22. The Morgan fingerprint density at radius 1 is 1.06 bits per heavy atom. The third-order valence-electron chi connectivity index (χ3n) is 2.91. The number of hydrogen-bond donors (Lipinski definition) is 0. The zero-order valence-electron chi connectivity index (χ0n) is 10.0. The van der Waals surface area contributed by atoms with E-state index >= 15 is 0 Å². The summed E-state index contributed by atoms with van der Waals surface area (Å²) in [6.07, 6.45) is 3.58. The van der Waals surface area contributed by atoms with E-state index in [-0.39, 0.29) is 5.41 Å². The summed E-state index contributed by atoms with van der Waals surface area (Å²) in [5.74, 6) is 1.27. The van der Waals surface area contributed by atoms with Crippen LogP contribution < -0.4 is 0 Å². The highest BCUT2D eigenvalue weighted by atomic mass is 35.5. The predicted molar refractivity (Wildman–Crippen MR) is 70.2 cm³/mol. The summed E-state index contributed by atoms with van der Waals surface area (Å²) in [6.45, 7) is 4.25. The third-order valence-corrected chi connectivity index (χ3v) is 3.22. The lowest BCUT2D eigenvalue weighted by molar-refractivity contribution is 0.588. The lowest BCUT2D eigenvalue weighted by atomic mass is 9.84. The Morgan fingerprint density at radius 3 is 2.18 bits per heavy atom. The minimum absolute atomic E-state index is 0.188. The van der Waals surface area contributed by atoms with Crippen molar-refractivity contribution in [1.82, 2.24) is 9.97 Å². The first-order valence-electron chi connectivity index (χ1n) is 5.57. The smallest absolute Gasteiger partial charge is 0.138 e. The summed E-state index contributed by atoms with van der Waals surface area (Å²) in [5.41, 5.74) is 1.96. The molecule has 1 aromatic carbocycles. The molecule has 0 saturated carbocycles. The second kappa shape index (κ2) is 4.84. The maximum Gasteiger partial charge on any atom is 0.138 e. The van der Waals surface area contributed by atoms with Gasteiger partial charge in [-0.05, 0) is 19.4 Å². The van der Waals surface area contributed by atoms with Crippen molar-refractivity contribution in [1.29, 1.82) is 0 Å². The van der Waals surface area contributed by atoms with Gasteiger partial charge in [-0.3, -0.25) is 0 Å². The largest absolute Gasteiger partial charge is 0.240 e. The van der Waals surface area contributed by atoms with Gasteiger partial charge in [-0.15, -0.1) is 11.6 Å². The van der Waals surface area contributed by atoms with Crippen molar-refractivity contribution >= 4 is 11.6 Å². The van der Waals surface area contributed by atoms with Crippen LogP contribution in [-0.4, -0.2) is 9.97 Å². The number of alkyl halides is 1. The Kier molecular flexibility index (Phi) is 3.43. The molecule has 0 atom stereocenters. The summed E-state index contributed by atoms with van der Waals surface area (Å²) < 4.78 is 0. The molecule has 2 aromatic rings. The molecule has 2 nitrogen and oxygen atoms in total. The van der Waals surface area contributed by atoms with Crippen molar-refractivity contribution in [3.05, 3.63) is 59.7 Å². The fraction of sp³-hybridized carbons (Fsp3) is 0.286. The van der Waals surface area contributed by atoms with Crippen LogP contribution in [-0.2, 0) is 11.3 Å². The molecule has 0 N–H and O–H groups in total. The van der Waals surface area contributed by atoms with Crippen LogP contribution in [0.25, 0.3) is 0 Å². The number of rotatable bonds is 3. The third kappa shape index (κ3) is 2.47. The first-order chi connectivity index (χ1) is 8.14. The maximum absolute atomic E-state index is 5.73. The summed E-state index contributed by atoms with van der Waals surface area (Å²) in [4.78, 5) is 8.80. The molecule has 0 unspecified atom stereocenters. The Morgan fingerprint density at radius 2 is 1.65 bits per heavy atom. The Labute approximate surface area is 107 Å². The average molecular weight is 247 g/mol. The van der Waals surface area contributed by atoms with E-state index in [2.05, 4.69) is 35.9 Å². The van der Waals surface area contributed by atoms with Gasteiger partial charge in [0.05, 0.1) is 5.88 Å². The van der Waals surface area contributed by atoms with Crippen LogP contribution in [0.2, 0.25) is 0 Å². The van der Waals surface area contributed by atoms with Gasteiger partial charge >= 0.3 is 0 Å². The highest BCUT2D eigenvalue weighted by Crippen LogP contribution is 2.28. The lowest BCUT2D eigenvalue weighted by Gasteiger charge is -2.23. The Balaban J connectivity index is 2.37. The molecule has 0 radical (unpaired) electrons. The van der Waals surface area contributed by atoms with Crippen molar-refractivity contribution in [2.24, 2.45) is 0 Å². The van der Waals surface area contributed by atoms with Gasteiger partial charge in [0.1, 0.15) is 5.82 Å². The molecule has 1 aromatic heterocycles.